The van der Waals surface area contributed by atoms with Crippen LogP contribution in [0.25, 0.3) is 0 Å². The maximum absolute atomic E-state index is 12.5. The Balaban J connectivity index is 2.25. The Morgan fingerprint density at radius 1 is 1.35 bits per heavy atom. The van der Waals surface area contributed by atoms with Gasteiger partial charge in [-0.25, -0.2) is 4.79 Å². The minimum Gasteiger partial charge on any atom is -0.508 e. The molecule has 108 valence electrons. The van der Waals surface area contributed by atoms with Crippen LogP contribution < -0.4 is 0 Å². The number of carbonyl (C=O) groups excluding carboxylic acids is 2. The second-order valence-corrected chi connectivity index (χ2v) is 5.03. The number of aryl methyl sites for hydroxylation is 1. The van der Waals surface area contributed by atoms with Crippen molar-refractivity contribution in [2.75, 3.05) is 13.7 Å². The Kier molecular flexibility index (Phi) is 4.27. The summed E-state index contributed by atoms with van der Waals surface area (Å²) in [7, 11) is 1.34. The second kappa shape index (κ2) is 5.94. The van der Waals surface area contributed by atoms with E-state index in [1.54, 1.807) is 24.0 Å². The van der Waals surface area contributed by atoms with Crippen LogP contribution in [0.15, 0.2) is 18.2 Å². The summed E-state index contributed by atoms with van der Waals surface area (Å²) >= 11 is 0. The highest BCUT2D eigenvalue weighted by Crippen LogP contribution is 2.23. The molecule has 0 spiro atoms. The lowest BCUT2D eigenvalue weighted by Gasteiger charge is -2.33. The van der Waals surface area contributed by atoms with Gasteiger partial charge >= 0.3 is 5.97 Å². The van der Waals surface area contributed by atoms with Gasteiger partial charge in [-0.05, 0) is 49.9 Å². The molecule has 1 fully saturated rings. The molecular weight excluding hydrogens is 258 g/mol. The lowest BCUT2D eigenvalue weighted by Crippen LogP contribution is -2.48. The molecule has 1 heterocycles. The van der Waals surface area contributed by atoms with E-state index in [-0.39, 0.29) is 17.6 Å². The smallest absolute Gasteiger partial charge is 0.328 e. The van der Waals surface area contributed by atoms with Crippen molar-refractivity contribution in [2.45, 2.75) is 32.2 Å². The van der Waals surface area contributed by atoms with Crippen molar-refractivity contribution < 1.29 is 19.4 Å². The molecule has 1 aromatic rings. The van der Waals surface area contributed by atoms with Crippen molar-refractivity contribution in [1.82, 2.24) is 4.90 Å². The number of benzene rings is 1. The third kappa shape index (κ3) is 2.76. The Bertz CT molecular complexity index is 527. The molecule has 1 amide bonds. The predicted molar refractivity (Wildman–Crippen MR) is 73.5 cm³/mol. The van der Waals surface area contributed by atoms with Crippen LogP contribution in [-0.2, 0) is 9.53 Å². The van der Waals surface area contributed by atoms with E-state index in [1.807, 2.05) is 0 Å². The summed E-state index contributed by atoms with van der Waals surface area (Å²) in [6, 6.07) is 4.21. The fraction of sp³-hybridized carbons (Fsp3) is 0.467. The van der Waals surface area contributed by atoms with Crippen LogP contribution in [0.2, 0.25) is 0 Å². The fourth-order valence-electron chi connectivity index (χ4n) is 2.51. The largest absolute Gasteiger partial charge is 0.508 e. The predicted octanol–water partition coefficient (Wildman–Crippen LogP) is 1.87. The van der Waals surface area contributed by atoms with Gasteiger partial charge in [0.25, 0.3) is 5.91 Å². The van der Waals surface area contributed by atoms with Gasteiger partial charge < -0.3 is 14.7 Å². The third-order valence-corrected chi connectivity index (χ3v) is 3.68. The molecule has 1 N–H and O–H groups in total. The number of phenols is 1. The minimum absolute atomic E-state index is 0.157. The van der Waals surface area contributed by atoms with E-state index < -0.39 is 6.04 Å². The lowest BCUT2D eigenvalue weighted by molar-refractivity contribution is -0.147. The van der Waals surface area contributed by atoms with Crippen LogP contribution in [0.1, 0.15) is 35.2 Å². The molecule has 1 unspecified atom stereocenters. The summed E-state index contributed by atoms with van der Waals surface area (Å²) in [4.78, 5) is 25.9. The van der Waals surface area contributed by atoms with Crippen LogP contribution in [0.3, 0.4) is 0 Å². The summed E-state index contributed by atoms with van der Waals surface area (Å²) in [6.07, 6.45) is 2.43. The summed E-state index contributed by atoms with van der Waals surface area (Å²) in [6.45, 7) is 2.29. The van der Waals surface area contributed by atoms with Gasteiger partial charge in [-0.2, -0.15) is 0 Å². The van der Waals surface area contributed by atoms with Crippen molar-refractivity contribution in [3.05, 3.63) is 29.3 Å². The van der Waals surface area contributed by atoms with Gasteiger partial charge in [-0.3, -0.25) is 4.79 Å². The van der Waals surface area contributed by atoms with Gasteiger partial charge in [-0.15, -0.1) is 0 Å². The van der Waals surface area contributed by atoms with E-state index in [2.05, 4.69) is 0 Å². The zero-order valence-corrected chi connectivity index (χ0v) is 11.8. The molecule has 20 heavy (non-hydrogen) atoms. The summed E-state index contributed by atoms with van der Waals surface area (Å²) < 4.78 is 4.78. The van der Waals surface area contributed by atoms with Gasteiger partial charge in [0.1, 0.15) is 11.8 Å². The molecule has 2 rings (SSSR count). The number of rotatable bonds is 2. The number of aromatic hydroxyl groups is 1. The van der Waals surface area contributed by atoms with Crippen molar-refractivity contribution in [3.8, 4) is 5.75 Å². The van der Waals surface area contributed by atoms with Gasteiger partial charge in [0.2, 0.25) is 0 Å². The Labute approximate surface area is 118 Å². The van der Waals surface area contributed by atoms with Crippen molar-refractivity contribution in [3.63, 3.8) is 0 Å². The van der Waals surface area contributed by atoms with Crippen molar-refractivity contribution in [2.24, 2.45) is 0 Å². The highest BCUT2D eigenvalue weighted by Gasteiger charge is 2.33. The number of ether oxygens (including phenoxy) is 1. The van der Waals surface area contributed by atoms with E-state index >= 15 is 0 Å². The lowest BCUT2D eigenvalue weighted by atomic mass is 10.0. The number of amides is 1. The van der Waals surface area contributed by atoms with Crippen LogP contribution in [0, 0.1) is 6.92 Å². The highest BCUT2D eigenvalue weighted by molar-refractivity contribution is 5.97. The molecule has 0 bridgehead atoms. The number of likely N-dealkylation sites (tertiary alicyclic amines) is 1. The molecule has 0 saturated carbocycles. The van der Waals surface area contributed by atoms with Crippen LogP contribution >= 0.6 is 0 Å². The zero-order chi connectivity index (χ0) is 14.7. The molecule has 5 nitrogen and oxygen atoms in total. The molecular formula is C15H19NO4. The number of hydrogen-bond donors (Lipinski definition) is 1. The highest BCUT2D eigenvalue weighted by atomic mass is 16.5. The molecule has 1 aromatic carbocycles. The summed E-state index contributed by atoms with van der Waals surface area (Å²) in [5.74, 6) is -0.401. The average molecular weight is 277 g/mol. The van der Waals surface area contributed by atoms with Gasteiger partial charge in [0.15, 0.2) is 0 Å². The Hall–Kier alpha value is -2.04. The van der Waals surface area contributed by atoms with Crippen molar-refractivity contribution in [1.29, 1.82) is 0 Å². The topological polar surface area (TPSA) is 66.8 Å². The van der Waals surface area contributed by atoms with E-state index in [0.717, 1.165) is 12.8 Å². The first-order chi connectivity index (χ1) is 9.54. The van der Waals surface area contributed by atoms with E-state index in [9.17, 15) is 14.7 Å². The first kappa shape index (κ1) is 14.4. The molecule has 1 atom stereocenters. The van der Waals surface area contributed by atoms with Gasteiger partial charge in [-0.1, -0.05) is 0 Å². The molecule has 1 aliphatic rings. The SMILES string of the molecule is COC(=O)C1CCCCN1C(=O)c1ccc(O)c(C)c1. The first-order valence-electron chi connectivity index (χ1n) is 6.73. The molecule has 1 saturated heterocycles. The number of hydrogen-bond acceptors (Lipinski definition) is 4. The minimum atomic E-state index is -0.504. The van der Waals surface area contributed by atoms with Crippen LogP contribution in [0.4, 0.5) is 0 Å². The quantitative estimate of drug-likeness (QED) is 0.838. The first-order valence-corrected chi connectivity index (χ1v) is 6.73. The molecule has 0 aliphatic carbocycles. The number of carbonyl (C=O) groups is 2. The number of nitrogens with zero attached hydrogens (tertiary/aromatic N) is 1. The molecule has 1 aliphatic heterocycles. The number of methoxy groups -OCH3 is 1. The summed E-state index contributed by atoms with van der Waals surface area (Å²) in [5, 5.41) is 9.52. The molecule has 0 aromatic heterocycles. The van der Waals surface area contributed by atoms with Gasteiger partial charge in [0.05, 0.1) is 7.11 Å². The van der Waals surface area contributed by atoms with E-state index in [1.165, 1.54) is 13.2 Å². The molecule has 0 radical (unpaired) electrons. The second-order valence-electron chi connectivity index (χ2n) is 5.03. The Morgan fingerprint density at radius 3 is 2.75 bits per heavy atom. The number of phenolic OH excluding ortho intramolecular Hbond substituents is 1. The summed E-state index contributed by atoms with van der Waals surface area (Å²) in [5.41, 5.74) is 1.12. The van der Waals surface area contributed by atoms with E-state index in [4.69, 9.17) is 4.74 Å². The zero-order valence-electron chi connectivity index (χ0n) is 11.8. The fourth-order valence-corrected chi connectivity index (χ4v) is 2.51. The normalized spacial score (nSPS) is 18.7. The maximum Gasteiger partial charge on any atom is 0.328 e. The van der Waals surface area contributed by atoms with Crippen LogP contribution in [-0.4, -0.2) is 41.6 Å². The van der Waals surface area contributed by atoms with Crippen LogP contribution in [0.5, 0.6) is 5.75 Å². The number of esters is 1. The average Bonchev–Trinajstić information content (AvgIpc) is 2.48. The monoisotopic (exact) mass is 277 g/mol. The number of piperidine rings is 1. The standard InChI is InChI=1S/C15H19NO4/c1-10-9-11(6-7-13(10)17)14(18)16-8-4-3-5-12(16)15(19)20-2/h6-7,9,12,17H,3-5,8H2,1-2H3. The maximum atomic E-state index is 12.5. The molecule has 5 heteroatoms. The van der Waals surface area contributed by atoms with Gasteiger partial charge in [0, 0.05) is 12.1 Å². The van der Waals surface area contributed by atoms with Crippen molar-refractivity contribution >= 4 is 11.9 Å². The third-order valence-electron chi connectivity index (χ3n) is 3.68. The Morgan fingerprint density at radius 2 is 2.10 bits per heavy atom. The van der Waals surface area contributed by atoms with E-state index in [0.29, 0.717) is 24.1 Å².